The number of aromatic nitrogens is 1. The third-order valence-electron chi connectivity index (χ3n) is 3.06. The minimum atomic E-state index is 0.0961. The lowest BCUT2D eigenvalue weighted by molar-refractivity contribution is -0.127. The summed E-state index contributed by atoms with van der Waals surface area (Å²) < 4.78 is 2.07. The molecule has 0 bridgehead atoms. The number of hydrogen-bond acceptors (Lipinski definition) is 1. The molecule has 5 heteroatoms. The Morgan fingerprint density at radius 1 is 1.33 bits per heavy atom. The third-order valence-corrected chi connectivity index (χ3v) is 4.91. The van der Waals surface area contributed by atoms with Gasteiger partial charge in [0, 0.05) is 46.6 Å². The lowest BCUT2D eigenvalue weighted by Gasteiger charge is -2.13. The number of nitrogens with zero attached hydrogens (tertiary/aromatic N) is 1. The predicted molar refractivity (Wildman–Crippen MR) is 80.7 cm³/mol. The van der Waals surface area contributed by atoms with Crippen LogP contribution in [0.25, 0.3) is 10.9 Å². The first-order valence-electron chi connectivity index (χ1n) is 5.65. The summed E-state index contributed by atoms with van der Waals surface area (Å²) >= 11 is 7.00. The molecule has 0 radical (unpaired) electrons. The molecule has 0 spiro atoms. The zero-order chi connectivity index (χ0) is 13.3. The van der Waals surface area contributed by atoms with Crippen molar-refractivity contribution in [3.63, 3.8) is 0 Å². The molecule has 96 valence electrons. The second-order valence-corrected chi connectivity index (χ2v) is 6.03. The predicted octanol–water partition coefficient (Wildman–Crippen LogP) is 3.71. The van der Waals surface area contributed by atoms with Crippen LogP contribution in [0.2, 0.25) is 0 Å². The van der Waals surface area contributed by atoms with Crippen LogP contribution in [0.3, 0.4) is 0 Å². The summed E-state index contributed by atoms with van der Waals surface area (Å²) in [4.78, 5) is 16.2. The first kappa shape index (κ1) is 13.6. The fourth-order valence-electron chi connectivity index (χ4n) is 1.83. The van der Waals surface area contributed by atoms with E-state index in [-0.39, 0.29) is 5.91 Å². The minimum Gasteiger partial charge on any atom is -0.361 e. The van der Waals surface area contributed by atoms with E-state index in [1.54, 1.807) is 11.8 Å². The molecule has 1 heterocycles. The average Bonchev–Trinajstić information content (AvgIpc) is 2.69. The van der Waals surface area contributed by atoms with Gasteiger partial charge in [-0.15, -0.1) is 0 Å². The molecule has 2 aromatic rings. The number of fused-ring (bicyclic) bond motifs is 1. The Morgan fingerprint density at radius 3 is 2.67 bits per heavy atom. The summed E-state index contributed by atoms with van der Waals surface area (Å²) in [5.74, 6) is 0.0961. The summed E-state index contributed by atoms with van der Waals surface area (Å²) in [6.07, 6.45) is 2.86. The van der Waals surface area contributed by atoms with E-state index >= 15 is 0 Å². The Labute approximate surface area is 123 Å². The number of hydrogen-bond donors (Lipinski definition) is 1. The summed E-state index contributed by atoms with van der Waals surface area (Å²) in [6, 6.07) is 4.15. The normalized spacial score (nSPS) is 10.9. The highest BCUT2D eigenvalue weighted by molar-refractivity contribution is 9.13. The van der Waals surface area contributed by atoms with Crippen molar-refractivity contribution in [3.8, 4) is 0 Å². The van der Waals surface area contributed by atoms with Crippen molar-refractivity contribution in [1.29, 1.82) is 0 Å². The number of halogens is 2. The van der Waals surface area contributed by atoms with Crippen LogP contribution in [0, 0.1) is 0 Å². The van der Waals surface area contributed by atoms with Crippen molar-refractivity contribution in [3.05, 3.63) is 32.8 Å². The van der Waals surface area contributed by atoms with Crippen molar-refractivity contribution in [2.75, 3.05) is 13.6 Å². The number of benzene rings is 1. The highest BCUT2D eigenvalue weighted by atomic mass is 79.9. The molecule has 0 fully saturated rings. The summed E-state index contributed by atoms with van der Waals surface area (Å²) in [6.45, 7) is 2.32. The number of amides is 1. The van der Waals surface area contributed by atoms with Crippen LogP contribution in [-0.2, 0) is 11.2 Å². The number of likely N-dealkylation sites (N-methyl/N-ethyl adjacent to an activating group) is 1. The van der Waals surface area contributed by atoms with Crippen LogP contribution < -0.4 is 0 Å². The molecule has 1 aromatic carbocycles. The fraction of sp³-hybridized carbons (Fsp3) is 0.308. The monoisotopic (exact) mass is 372 g/mol. The van der Waals surface area contributed by atoms with Crippen molar-refractivity contribution < 1.29 is 4.79 Å². The molecule has 0 saturated carbocycles. The van der Waals surface area contributed by atoms with E-state index in [2.05, 4.69) is 49.0 Å². The average molecular weight is 374 g/mol. The van der Waals surface area contributed by atoms with Gasteiger partial charge in [0.05, 0.1) is 0 Å². The van der Waals surface area contributed by atoms with Crippen LogP contribution in [0.15, 0.2) is 27.3 Å². The zero-order valence-corrected chi connectivity index (χ0v) is 13.4. The lowest BCUT2D eigenvalue weighted by atomic mass is 10.1. The molecule has 1 aromatic heterocycles. The Morgan fingerprint density at radius 2 is 2.00 bits per heavy atom. The van der Waals surface area contributed by atoms with Gasteiger partial charge < -0.3 is 9.88 Å². The Balaban J connectivity index is 2.24. The molecular weight excluding hydrogens is 360 g/mol. The van der Waals surface area contributed by atoms with Crippen LogP contribution >= 0.6 is 31.9 Å². The summed E-state index contributed by atoms with van der Waals surface area (Å²) in [5.41, 5.74) is 2.33. The van der Waals surface area contributed by atoms with E-state index in [1.807, 2.05) is 13.2 Å². The molecule has 0 aliphatic rings. The van der Waals surface area contributed by atoms with Gasteiger partial charge in [0.1, 0.15) is 0 Å². The molecule has 18 heavy (non-hydrogen) atoms. The third kappa shape index (κ3) is 2.78. The second kappa shape index (κ2) is 5.45. The molecule has 0 atom stereocenters. The minimum absolute atomic E-state index is 0.0961. The molecule has 0 saturated heterocycles. The molecule has 0 aliphatic heterocycles. The van der Waals surface area contributed by atoms with Crippen LogP contribution in [-0.4, -0.2) is 29.4 Å². The number of nitrogens with one attached hydrogen (secondary N) is 1. The summed E-state index contributed by atoms with van der Waals surface area (Å²) in [5, 5.41) is 1.20. The number of aromatic amines is 1. The number of H-pyrrole nitrogens is 1. The van der Waals surface area contributed by atoms with Crippen molar-refractivity contribution in [1.82, 2.24) is 9.88 Å². The molecular formula is C13H14Br2N2O. The standard InChI is InChI=1S/C13H14Br2N2O/c1-8(18)17(2)4-3-9-7-16-13-6-12(15)11(14)5-10(9)13/h5-7,16H,3-4H2,1-2H3. The molecule has 1 N–H and O–H groups in total. The second-order valence-electron chi connectivity index (χ2n) is 4.32. The van der Waals surface area contributed by atoms with Gasteiger partial charge in [-0.1, -0.05) is 0 Å². The Hall–Kier alpha value is -0.810. The summed E-state index contributed by atoms with van der Waals surface area (Å²) in [7, 11) is 1.82. The van der Waals surface area contributed by atoms with E-state index in [9.17, 15) is 4.79 Å². The van der Waals surface area contributed by atoms with Gasteiger partial charge in [-0.3, -0.25) is 4.79 Å². The van der Waals surface area contributed by atoms with Gasteiger partial charge in [0.25, 0.3) is 0 Å². The fourth-order valence-corrected chi connectivity index (χ4v) is 2.51. The van der Waals surface area contributed by atoms with Gasteiger partial charge in [-0.05, 0) is 56.0 Å². The van der Waals surface area contributed by atoms with Gasteiger partial charge in [0.15, 0.2) is 0 Å². The topological polar surface area (TPSA) is 36.1 Å². The van der Waals surface area contributed by atoms with E-state index < -0.39 is 0 Å². The van der Waals surface area contributed by atoms with E-state index in [4.69, 9.17) is 0 Å². The maximum Gasteiger partial charge on any atom is 0.219 e. The van der Waals surface area contributed by atoms with Crippen molar-refractivity contribution >= 4 is 48.7 Å². The van der Waals surface area contributed by atoms with Crippen LogP contribution in [0.1, 0.15) is 12.5 Å². The maximum atomic E-state index is 11.2. The lowest BCUT2D eigenvalue weighted by Crippen LogP contribution is -2.25. The van der Waals surface area contributed by atoms with Gasteiger partial charge >= 0.3 is 0 Å². The highest BCUT2D eigenvalue weighted by Crippen LogP contribution is 2.30. The molecule has 1 amide bonds. The smallest absolute Gasteiger partial charge is 0.219 e. The molecule has 2 rings (SSSR count). The first-order valence-corrected chi connectivity index (χ1v) is 7.24. The van der Waals surface area contributed by atoms with Crippen LogP contribution in [0.5, 0.6) is 0 Å². The van der Waals surface area contributed by atoms with Gasteiger partial charge in [0.2, 0.25) is 5.91 Å². The number of rotatable bonds is 3. The SMILES string of the molecule is CC(=O)N(C)CCc1c[nH]c2cc(Br)c(Br)cc12. The van der Waals surface area contributed by atoms with E-state index in [0.717, 1.165) is 27.4 Å². The Bertz CT molecular complexity index is 592. The first-order chi connectivity index (χ1) is 8.49. The van der Waals surface area contributed by atoms with E-state index in [1.165, 1.54) is 10.9 Å². The number of carbonyl (C=O) groups excluding carboxylic acids is 1. The molecule has 3 nitrogen and oxygen atoms in total. The van der Waals surface area contributed by atoms with Gasteiger partial charge in [-0.2, -0.15) is 0 Å². The van der Waals surface area contributed by atoms with E-state index in [0.29, 0.717) is 0 Å². The zero-order valence-electron chi connectivity index (χ0n) is 10.3. The van der Waals surface area contributed by atoms with Crippen molar-refractivity contribution in [2.45, 2.75) is 13.3 Å². The van der Waals surface area contributed by atoms with Gasteiger partial charge in [-0.25, -0.2) is 0 Å². The molecule has 0 aliphatic carbocycles. The highest BCUT2D eigenvalue weighted by Gasteiger charge is 2.08. The maximum absolute atomic E-state index is 11.2. The van der Waals surface area contributed by atoms with Crippen molar-refractivity contribution in [2.24, 2.45) is 0 Å². The molecule has 0 unspecified atom stereocenters. The quantitative estimate of drug-likeness (QED) is 0.874. The largest absolute Gasteiger partial charge is 0.361 e. The number of carbonyl (C=O) groups is 1. The Kier molecular flexibility index (Phi) is 4.12. The van der Waals surface area contributed by atoms with Crippen LogP contribution in [0.4, 0.5) is 0 Å².